The molecule has 0 saturated carbocycles. The highest BCUT2D eigenvalue weighted by atomic mass is 32.2. The van der Waals surface area contributed by atoms with Gasteiger partial charge in [0, 0.05) is 24.5 Å². The first kappa shape index (κ1) is 19.7. The Hall–Kier alpha value is -2.36. The largest absolute Gasteiger partial charge is 0.744 e. The molecule has 6 heteroatoms. The van der Waals surface area contributed by atoms with Gasteiger partial charge in [0.2, 0.25) is 6.20 Å². The number of hydrogen-bond donors (Lipinski definition) is 1. The number of aromatic nitrogens is 1. The molecule has 2 rings (SSSR count). The molecule has 1 heterocycles. The van der Waals surface area contributed by atoms with Gasteiger partial charge in [-0.25, -0.2) is 14.3 Å². The summed E-state index contributed by atoms with van der Waals surface area (Å²) in [7, 11) is -4.33. The van der Waals surface area contributed by atoms with Crippen LogP contribution in [0.25, 0.3) is 0 Å². The summed E-state index contributed by atoms with van der Waals surface area (Å²) in [6.07, 6.45) is 2.63. The van der Waals surface area contributed by atoms with Crippen LogP contribution in [0.5, 0.6) is 0 Å². The van der Waals surface area contributed by atoms with Crippen LogP contribution in [0.15, 0.2) is 41.4 Å². The summed E-state index contributed by atoms with van der Waals surface area (Å²) in [6, 6.07) is 9.07. The van der Waals surface area contributed by atoms with E-state index in [1.54, 1.807) is 32.2 Å². The first-order valence-corrected chi connectivity index (χ1v) is 8.86. The van der Waals surface area contributed by atoms with Crippen LogP contribution in [-0.2, 0) is 10.1 Å². The summed E-state index contributed by atoms with van der Waals surface area (Å²) < 4.78 is 34.0. The van der Waals surface area contributed by atoms with Crippen LogP contribution in [0.2, 0.25) is 0 Å². The average Bonchev–Trinajstić information content (AvgIpc) is 2.44. The molecular weight excluding hydrogens is 324 g/mol. The zero-order valence-corrected chi connectivity index (χ0v) is 15.1. The topological polar surface area (TPSA) is 87.1 Å². The summed E-state index contributed by atoms with van der Waals surface area (Å²) in [5.74, 6) is 11.5. The van der Waals surface area contributed by atoms with Crippen LogP contribution in [0.1, 0.15) is 35.7 Å². The summed E-state index contributed by atoms with van der Waals surface area (Å²) >= 11 is 0. The molecular formula is C18H22N2O3S. The van der Waals surface area contributed by atoms with Gasteiger partial charge in [-0.05, 0) is 38.0 Å². The number of pyridine rings is 1. The normalized spacial score (nSPS) is 10.2. The molecule has 0 aliphatic rings. The highest BCUT2D eigenvalue weighted by Crippen LogP contribution is 2.20. The maximum Gasteiger partial charge on any atom is 0.285 e. The molecule has 0 spiro atoms. The predicted octanol–water partition coefficient (Wildman–Crippen LogP) is 1.97. The highest BCUT2D eigenvalue weighted by molar-refractivity contribution is 7.85. The number of nitrogens with zero attached hydrogens (tertiary/aromatic N) is 1. The Morgan fingerprint density at radius 1 is 1.17 bits per heavy atom. The van der Waals surface area contributed by atoms with Crippen LogP contribution in [0, 0.1) is 32.6 Å². The first-order chi connectivity index (χ1) is 11.2. The van der Waals surface area contributed by atoms with Crippen molar-refractivity contribution in [2.24, 2.45) is 0 Å². The van der Waals surface area contributed by atoms with Gasteiger partial charge in [0.15, 0.2) is 0 Å². The van der Waals surface area contributed by atoms with Crippen LogP contribution < -0.4 is 10.5 Å². The third-order valence-electron chi connectivity index (χ3n) is 3.14. The monoisotopic (exact) mass is 346 g/mol. The van der Waals surface area contributed by atoms with E-state index in [0.29, 0.717) is 11.1 Å². The van der Waals surface area contributed by atoms with Crippen molar-refractivity contribution < 1.29 is 17.6 Å². The van der Waals surface area contributed by atoms with Crippen LogP contribution in [0.4, 0.5) is 0 Å². The summed E-state index contributed by atoms with van der Waals surface area (Å²) in [6.45, 7) is 7.13. The second-order valence-corrected chi connectivity index (χ2v) is 6.65. The number of nitrogens with two attached hydrogens (primary N) is 1. The van der Waals surface area contributed by atoms with E-state index in [9.17, 15) is 13.0 Å². The maximum absolute atomic E-state index is 10.8. The molecule has 0 amide bonds. The fourth-order valence-corrected chi connectivity index (χ4v) is 3.21. The first-order valence-electron chi connectivity index (χ1n) is 7.45. The van der Waals surface area contributed by atoms with Gasteiger partial charge in [-0.15, -0.1) is 0 Å². The molecule has 1 aromatic heterocycles. The molecule has 1 aromatic carbocycles. The van der Waals surface area contributed by atoms with Crippen LogP contribution in [-0.4, -0.2) is 13.0 Å². The maximum atomic E-state index is 10.8. The SMILES string of the molecule is CCC#Cc1cccc[n+]1N.Cc1cc(C)c(S(=O)(=O)[O-])c(C)c1. The van der Waals surface area contributed by atoms with E-state index in [0.717, 1.165) is 17.7 Å². The highest BCUT2D eigenvalue weighted by Gasteiger charge is 2.09. The van der Waals surface area contributed by atoms with E-state index in [-0.39, 0.29) is 4.90 Å². The Kier molecular flexibility index (Phi) is 6.96. The number of nitrogen functional groups attached to an aromatic ring is 1. The van der Waals surface area contributed by atoms with Crippen molar-refractivity contribution in [3.8, 4) is 11.8 Å². The minimum Gasteiger partial charge on any atom is -0.744 e. The lowest BCUT2D eigenvalue weighted by atomic mass is 10.1. The van der Waals surface area contributed by atoms with Crippen molar-refractivity contribution in [3.05, 3.63) is 58.9 Å². The van der Waals surface area contributed by atoms with Crippen molar-refractivity contribution in [1.82, 2.24) is 0 Å². The van der Waals surface area contributed by atoms with Gasteiger partial charge < -0.3 is 4.55 Å². The molecule has 0 unspecified atom stereocenters. The predicted molar refractivity (Wildman–Crippen MR) is 92.6 cm³/mol. The van der Waals surface area contributed by atoms with Crippen molar-refractivity contribution in [3.63, 3.8) is 0 Å². The summed E-state index contributed by atoms with van der Waals surface area (Å²) in [5.41, 5.74) is 2.84. The van der Waals surface area contributed by atoms with Crippen molar-refractivity contribution in [1.29, 1.82) is 0 Å². The Morgan fingerprint density at radius 3 is 2.21 bits per heavy atom. The van der Waals surface area contributed by atoms with Gasteiger partial charge in [0.25, 0.3) is 5.69 Å². The molecule has 2 aromatic rings. The minimum absolute atomic E-state index is 0.0851. The van der Waals surface area contributed by atoms with Crippen molar-refractivity contribution in [2.75, 3.05) is 5.84 Å². The van der Waals surface area contributed by atoms with Gasteiger partial charge in [-0.2, -0.15) is 0 Å². The molecule has 5 nitrogen and oxygen atoms in total. The lowest BCUT2D eigenvalue weighted by Crippen LogP contribution is -2.46. The Bertz CT molecular complexity index is 856. The van der Waals surface area contributed by atoms with Gasteiger partial charge >= 0.3 is 0 Å². The number of hydrogen-bond acceptors (Lipinski definition) is 4. The number of benzene rings is 1. The molecule has 0 bridgehead atoms. The Morgan fingerprint density at radius 2 is 1.75 bits per heavy atom. The number of rotatable bonds is 1. The van der Waals surface area contributed by atoms with E-state index in [1.807, 2.05) is 32.0 Å². The van der Waals surface area contributed by atoms with Crippen molar-refractivity contribution >= 4 is 10.1 Å². The molecule has 2 N–H and O–H groups in total. The second kappa shape index (κ2) is 8.48. The molecule has 0 atom stereocenters. The zero-order valence-electron chi connectivity index (χ0n) is 14.3. The quantitative estimate of drug-likeness (QED) is 0.370. The number of aryl methyl sites for hydroxylation is 3. The smallest absolute Gasteiger partial charge is 0.285 e. The van der Waals surface area contributed by atoms with E-state index < -0.39 is 10.1 Å². The standard InChI is InChI=1S/C9H11N2.C9H12O3S/c1-2-3-6-9-7-4-5-8-11(9)10;1-6-4-7(2)9(8(3)5-6)13(10,11)12/h4-5,7-8H,2,10H2,1H3;4-5H,1-3H3,(H,10,11,12)/q+1;/p-1. The van der Waals surface area contributed by atoms with Gasteiger partial charge in [0.1, 0.15) is 10.1 Å². The van der Waals surface area contributed by atoms with Crippen LogP contribution in [0.3, 0.4) is 0 Å². The fourth-order valence-electron chi connectivity index (χ4n) is 2.30. The lowest BCUT2D eigenvalue weighted by molar-refractivity contribution is -0.641. The third-order valence-corrected chi connectivity index (χ3v) is 4.28. The molecule has 0 aliphatic carbocycles. The Labute approximate surface area is 143 Å². The van der Waals surface area contributed by atoms with Gasteiger partial charge in [0.05, 0.1) is 4.90 Å². The molecule has 24 heavy (non-hydrogen) atoms. The van der Waals surface area contributed by atoms with E-state index >= 15 is 0 Å². The Balaban J connectivity index is 0.000000243. The molecule has 0 radical (unpaired) electrons. The van der Waals surface area contributed by atoms with E-state index in [2.05, 4.69) is 11.8 Å². The fraction of sp³-hybridized carbons (Fsp3) is 0.278. The van der Waals surface area contributed by atoms with E-state index in [1.165, 1.54) is 4.68 Å². The van der Waals surface area contributed by atoms with E-state index in [4.69, 9.17) is 5.84 Å². The minimum atomic E-state index is -4.33. The third kappa shape index (κ3) is 5.69. The molecule has 0 fully saturated rings. The molecule has 0 aliphatic heterocycles. The van der Waals surface area contributed by atoms with Crippen molar-refractivity contribution in [2.45, 2.75) is 39.0 Å². The van der Waals surface area contributed by atoms with Gasteiger partial charge in [-0.1, -0.05) is 35.2 Å². The summed E-state index contributed by atoms with van der Waals surface area (Å²) in [4.78, 5) is -0.0851. The summed E-state index contributed by atoms with van der Waals surface area (Å²) in [5, 5.41) is 0. The zero-order chi connectivity index (χ0) is 18.3. The van der Waals surface area contributed by atoms with Gasteiger partial charge in [-0.3, -0.25) is 0 Å². The second-order valence-electron chi connectivity index (χ2n) is 5.33. The molecule has 0 saturated heterocycles. The average molecular weight is 346 g/mol. The van der Waals surface area contributed by atoms with Crippen LogP contribution >= 0.6 is 0 Å². The molecule has 128 valence electrons. The lowest BCUT2D eigenvalue weighted by Gasteiger charge is -2.14.